The van der Waals surface area contributed by atoms with Crippen LogP contribution >= 0.6 is 0 Å². The Labute approximate surface area is 118 Å². The van der Waals surface area contributed by atoms with Crippen LogP contribution in [0.25, 0.3) is 0 Å². The molecule has 106 valence electrons. The number of hydrogen-bond donors (Lipinski definition) is 2. The number of carbonyl (C=O) groups excluding carboxylic acids is 1. The van der Waals surface area contributed by atoms with Gasteiger partial charge in [-0.2, -0.15) is 0 Å². The fourth-order valence-electron chi connectivity index (χ4n) is 3.69. The molecule has 0 spiro atoms. The van der Waals surface area contributed by atoms with E-state index in [1.54, 1.807) is 12.1 Å². The van der Waals surface area contributed by atoms with Gasteiger partial charge in [0.15, 0.2) is 0 Å². The third kappa shape index (κ3) is 1.90. The number of nitrogens with one attached hydrogen (secondary N) is 2. The first kappa shape index (κ1) is 13.2. The van der Waals surface area contributed by atoms with E-state index in [0.717, 1.165) is 12.0 Å². The molecule has 3 atom stereocenters. The topological polar surface area (TPSA) is 62.0 Å². The lowest BCUT2D eigenvalue weighted by molar-refractivity contribution is -0.0375. The fraction of sp³-hybridized carbons (Fsp3) is 0.500. The van der Waals surface area contributed by atoms with Crippen molar-refractivity contribution in [3.63, 3.8) is 0 Å². The molecule has 0 radical (unpaired) electrons. The predicted molar refractivity (Wildman–Crippen MR) is 77.5 cm³/mol. The molecule has 3 saturated carbocycles. The molecule has 2 N–H and O–H groups in total. The largest absolute Gasteiger partial charge is 0.344 e. The van der Waals surface area contributed by atoms with Crippen LogP contribution in [0, 0.1) is 17.3 Å². The van der Waals surface area contributed by atoms with Crippen molar-refractivity contribution in [1.82, 2.24) is 10.3 Å². The van der Waals surface area contributed by atoms with Gasteiger partial charge in [0.2, 0.25) is 5.56 Å². The lowest BCUT2D eigenvalue weighted by atomic mass is 9.46. The molecule has 1 unspecified atom stereocenters. The molecule has 3 aliphatic rings. The second kappa shape index (κ2) is 4.33. The summed E-state index contributed by atoms with van der Waals surface area (Å²) in [4.78, 5) is 26.0. The van der Waals surface area contributed by atoms with Crippen LogP contribution in [-0.2, 0) is 0 Å². The molecule has 1 heterocycles. The van der Waals surface area contributed by atoms with E-state index in [9.17, 15) is 9.59 Å². The summed E-state index contributed by atoms with van der Waals surface area (Å²) in [6.45, 7) is 8.75. The number of amides is 1. The van der Waals surface area contributed by atoms with Gasteiger partial charge in [-0.25, -0.2) is 0 Å². The highest BCUT2D eigenvalue weighted by molar-refractivity contribution is 5.92. The summed E-state index contributed by atoms with van der Waals surface area (Å²) in [5, 5.41) is 3.00. The average Bonchev–Trinajstić information content (AvgIpc) is 2.40. The number of pyridine rings is 1. The van der Waals surface area contributed by atoms with E-state index in [2.05, 4.69) is 30.7 Å². The van der Waals surface area contributed by atoms with Crippen LogP contribution in [0.15, 0.2) is 35.1 Å². The smallest absolute Gasteiger partial charge is 0.268 e. The van der Waals surface area contributed by atoms with Crippen LogP contribution in [0.5, 0.6) is 0 Å². The molecule has 0 saturated heterocycles. The summed E-state index contributed by atoms with van der Waals surface area (Å²) in [6, 6.07) is 4.63. The van der Waals surface area contributed by atoms with E-state index in [1.165, 1.54) is 12.5 Å². The number of fused-ring (bicyclic) bond motifs is 2. The van der Waals surface area contributed by atoms with Gasteiger partial charge in [0.05, 0.1) is 6.04 Å². The summed E-state index contributed by atoms with van der Waals surface area (Å²) >= 11 is 0. The molecule has 4 rings (SSSR count). The first-order valence-corrected chi connectivity index (χ1v) is 7.08. The van der Waals surface area contributed by atoms with E-state index < -0.39 is 0 Å². The Bertz CT molecular complexity index is 629. The molecule has 0 aromatic carbocycles. The van der Waals surface area contributed by atoms with E-state index >= 15 is 0 Å². The summed E-state index contributed by atoms with van der Waals surface area (Å²) in [7, 11) is 0. The van der Waals surface area contributed by atoms with Gasteiger partial charge in [0, 0.05) is 6.07 Å². The number of hydrogen-bond acceptors (Lipinski definition) is 2. The van der Waals surface area contributed by atoms with Gasteiger partial charge in [-0.1, -0.05) is 32.1 Å². The average molecular weight is 272 g/mol. The van der Waals surface area contributed by atoms with Gasteiger partial charge in [-0.3, -0.25) is 9.59 Å². The number of aromatic nitrogens is 1. The molecule has 4 nitrogen and oxygen atoms in total. The highest BCUT2D eigenvalue weighted by atomic mass is 16.2. The van der Waals surface area contributed by atoms with Gasteiger partial charge in [-0.15, -0.1) is 0 Å². The summed E-state index contributed by atoms with van der Waals surface area (Å²) in [5.41, 5.74) is 1.50. The minimum absolute atomic E-state index is 0.0305. The van der Waals surface area contributed by atoms with Crippen molar-refractivity contribution < 1.29 is 4.79 Å². The molecule has 3 aliphatic carbocycles. The third-order valence-electron chi connectivity index (χ3n) is 5.20. The van der Waals surface area contributed by atoms with Crippen molar-refractivity contribution >= 4 is 5.91 Å². The zero-order chi connectivity index (χ0) is 14.5. The molecule has 3 fully saturated rings. The van der Waals surface area contributed by atoms with Crippen LogP contribution in [0.4, 0.5) is 0 Å². The van der Waals surface area contributed by atoms with Crippen molar-refractivity contribution in [3.05, 3.63) is 46.4 Å². The molecular formula is C16H20N2O2. The van der Waals surface area contributed by atoms with Crippen LogP contribution in [0.1, 0.15) is 37.2 Å². The van der Waals surface area contributed by atoms with Crippen molar-refractivity contribution in [2.45, 2.75) is 32.7 Å². The summed E-state index contributed by atoms with van der Waals surface area (Å²) < 4.78 is 0. The van der Waals surface area contributed by atoms with Crippen LogP contribution < -0.4 is 10.9 Å². The Morgan fingerprint density at radius 1 is 1.40 bits per heavy atom. The van der Waals surface area contributed by atoms with Crippen molar-refractivity contribution in [3.8, 4) is 0 Å². The monoisotopic (exact) mass is 272 g/mol. The molecule has 1 aromatic rings. The highest BCUT2D eigenvalue weighted by Gasteiger charge is 2.54. The minimum atomic E-state index is -0.260. The maximum Gasteiger partial charge on any atom is 0.268 e. The Morgan fingerprint density at radius 2 is 2.15 bits per heavy atom. The Kier molecular flexibility index (Phi) is 2.85. The van der Waals surface area contributed by atoms with Crippen molar-refractivity contribution in [1.29, 1.82) is 0 Å². The van der Waals surface area contributed by atoms with Crippen LogP contribution in [0.3, 0.4) is 0 Å². The third-order valence-corrected chi connectivity index (χ3v) is 5.20. The SMILES string of the molecule is C=C1C(NC(=O)c2cccc(=O)[nH]2)C[C@H]2C[C@@H]1C2(C)C. The normalized spacial score (nSPS) is 30.5. The minimum Gasteiger partial charge on any atom is -0.344 e. The number of carbonyl (C=O) groups is 1. The molecular weight excluding hydrogens is 252 g/mol. The molecule has 4 heteroatoms. The van der Waals surface area contributed by atoms with E-state index in [1.807, 2.05) is 0 Å². The van der Waals surface area contributed by atoms with E-state index in [4.69, 9.17) is 0 Å². The van der Waals surface area contributed by atoms with Gasteiger partial charge in [0.1, 0.15) is 5.69 Å². The van der Waals surface area contributed by atoms with Crippen LogP contribution in [0.2, 0.25) is 0 Å². The Balaban J connectivity index is 1.72. The lowest BCUT2D eigenvalue weighted by Crippen LogP contribution is -2.57. The number of aromatic amines is 1. The molecule has 1 amide bonds. The summed E-state index contributed by atoms with van der Waals surface area (Å²) in [6.07, 6.45) is 2.14. The highest BCUT2D eigenvalue weighted by Crippen LogP contribution is 2.60. The Morgan fingerprint density at radius 3 is 2.75 bits per heavy atom. The second-order valence-corrected chi connectivity index (χ2v) is 6.57. The summed E-state index contributed by atoms with van der Waals surface area (Å²) in [5.74, 6) is 0.924. The van der Waals surface area contributed by atoms with Gasteiger partial charge >= 0.3 is 0 Å². The first-order chi connectivity index (χ1) is 9.39. The standard InChI is InChI=1S/C16H20N2O2/c1-9-11-7-10(16(11,2)3)8-13(9)18-15(20)12-5-4-6-14(19)17-12/h4-6,10-11,13H,1,7-8H2,2-3H3,(H,17,19)(H,18,20)/t10-,11+,13?/m1/s1. The fourth-order valence-corrected chi connectivity index (χ4v) is 3.69. The lowest BCUT2D eigenvalue weighted by Gasteiger charge is -2.60. The Hall–Kier alpha value is -1.84. The quantitative estimate of drug-likeness (QED) is 0.810. The number of rotatable bonds is 2. The molecule has 2 bridgehead atoms. The first-order valence-electron chi connectivity index (χ1n) is 7.08. The maximum absolute atomic E-state index is 12.2. The maximum atomic E-state index is 12.2. The molecule has 1 aromatic heterocycles. The molecule has 20 heavy (non-hydrogen) atoms. The van der Waals surface area contributed by atoms with Gasteiger partial charge < -0.3 is 10.3 Å². The number of H-pyrrole nitrogens is 1. The zero-order valence-corrected chi connectivity index (χ0v) is 11.9. The predicted octanol–water partition coefficient (Wildman–Crippen LogP) is 2.10. The van der Waals surface area contributed by atoms with Gasteiger partial charge in [0.25, 0.3) is 5.91 Å². The van der Waals surface area contributed by atoms with E-state index in [0.29, 0.717) is 22.9 Å². The van der Waals surface area contributed by atoms with Crippen LogP contribution in [-0.4, -0.2) is 16.9 Å². The van der Waals surface area contributed by atoms with Crippen molar-refractivity contribution in [2.75, 3.05) is 0 Å². The van der Waals surface area contributed by atoms with E-state index in [-0.39, 0.29) is 17.5 Å². The second-order valence-electron chi connectivity index (χ2n) is 6.57. The van der Waals surface area contributed by atoms with Gasteiger partial charge in [-0.05, 0) is 36.2 Å². The van der Waals surface area contributed by atoms with Crippen molar-refractivity contribution in [2.24, 2.45) is 17.3 Å². The zero-order valence-electron chi connectivity index (χ0n) is 11.9. The molecule has 0 aliphatic heterocycles.